The topological polar surface area (TPSA) is 43.3 Å². The largest absolute Gasteiger partial charge is 0.497 e. The van der Waals surface area contributed by atoms with Gasteiger partial charge in [-0.1, -0.05) is 50.5 Å². The van der Waals surface area contributed by atoms with Crippen LogP contribution in [0.1, 0.15) is 48.7 Å². The number of benzene rings is 2. The van der Waals surface area contributed by atoms with E-state index in [1.165, 1.54) is 12.5 Å². The van der Waals surface area contributed by atoms with Crippen molar-refractivity contribution in [2.75, 3.05) is 13.7 Å². The molecule has 0 unspecified atom stereocenters. The molecule has 1 amide bonds. The highest BCUT2D eigenvalue weighted by Crippen LogP contribution is 2.32. The van der Waals surface area contributed by atoms with E-state index in [1.54, 1.807) is 29.9 Å². The number of aromatic nitrogens is 1. The second kappa shape index (κ2) is 10.1. The number of halogens is 1. The molecule has 1 N–H and O–H groups in total. The second-order valence-corrected chi connectivity index (χ2v) is 7.36. The molecule has 1 heterocycles. The van der Waals surface area contributed by atoms with E-state index in [0.29, 0.717) is 29.2 Å². The van der Waals surface area contributed by atoms with Gasteiger partial charge in [0, 0.05) is 17.8 Å². The standard InChI is InChI=1S/C25H29FN2O2/c1-4-5-6-9-15-27-25(29)21-17-24(19-11-10-12-20(16-19)30-3)28(18(21)2)23-14-8-7-13-22(23)26/h7-8,10-14,16-17H,4-6,9,15H2,1-3H3,(H,27,29). The zero-order valence-electron chi connectivity index (χ0n) is 17.9. The maximum absolute atomic E-state index is 14.7. The lowest BCUT2D eigenvalue weighted by molar-refractivity contribution is 0.0952. The van der Waals surface area contributed by atoms with Gasteiger partial charge in [0.15, 0.2) is 0 Å². The number of unbranched alkanes of at least 4 members (excludes halogenated alkanes) is 3. The van der Waals surface area contributed by atoms with Crippen LogP contribution in [-0.4, -0.2) is 24.1 Å². The van der Waals surface area contributed by atoms with Gasteiger partial charge in [-0.3, -0.25) is 4.79 Å². The van der Waals surface area contributed by atoms with E-state index in [0.717, 1.165) is 30.5 Å². The number of hydrogen-bond donors (Lipinski definition) is 1. The molecule has 0 aliphatic heterocycles. The van der Waals surface area contributed by atoms with E-state index in [4.69, 9.17) is 4.74 Å². The van der Waals surface area contributed by atoms with Crippen LogP contribution in [0.4, 0.5) is 4.39 Å². The summed E-state index contributed by atoms with van der Waals surface area (Å²) in [6, 6.07) is 16.0. The number of rotatable bonds is 9. The van der Waals surface area contributed by atoms with Crippen LogP contribution in [-0.2, 0) is 0 Å². The van der Waals surface area contributed by atoms with Crippen LogP contribution >= 0.6 is 0 Å². The van der Waals surface area contributed by atoms with Crippen LogP contribution < -0.4 is 10.1 Å². The Morgan fingerprint density at radius 2 is 1.87 bits per heavy atom. The monoisotopic (exact) mass is 408 g/mol. The van der Waals surface area contributed by atoms with Crippen molar-refractivity contribution in [2.24, 2.45) is 0 Å². The van der Waals surface area contributed by atoms with Gasteiger partial charge < -0.3 is 14.6 Å². The summed E-state index contributed by atoms with van der Waals surface area (Å²) in [4.78, 5) is 12.9. The van der Waals surface area contributed by atoms with Gasteiger partial charge >= 0.3 is 0 Å². The molecule has 0 atom stereocenters. The van der Waals surface area contributed by atoms with Crippen LogP contribution in [0.5, 0.6) is 5.75 Å². The molecule has 0 aliphatic carbocycles. The third kappa shape index (κ3) is 4.73. The maximum Gasteiger partial charge on any atom is 0.253 e. The first-order chi connectivity index (χ1) is 14.6. The number of carbonyl (C=O) groups is 1. The average Bonchev–Trinajstić information content (AvgIpc) is 3.11. The molecule has 0 spiro atoms. The smallest absolute Gasteiger partial charge is 0.253 e. The molecule has 30 heavy (non-hydrogen) atoms. The lowest BCUT2D eigenvalue weighted by atomic mass is 10.1. The molecular formula is C25H29FN2O2. The van der Waals surface area contributed by atoms with Crippen molar-refractivity contribution in [2.45, 2.75) is 39.5 Å². The lowest BCUT2D eigenvalue weighted by Crippen LogP contribution is -2.24. The Balaban J connectivity index is 2.01. The number of methoxy groups -OCH3 is 1. The molecule has 2 aromatic carbocycles. The Kier molecular flexibility index (Phi) is 7.28. The zero-order valence-corrected chi connectivity index (χ0v) is 17.9. The van der Waals surface area contributed by atoms with Crippen molar-refractivity contribution in [1.29, 1.82) is 0 Å². The first kappa shape index (κ1) is 21.6. The Morgan fingerprint density at radius 1 is 1.07 bits per heavy atom. The molecule has 0 aliphatic rings. The maximum atomic E-state index is 14.7. The molecular weight excluding hydrogens is 379 g/mol. The van der Waals surface area contributed by atoms with Gasteiger partial charge in [-0.05, 0) is 43.7 Å². The fourth-order valence-corrected chi connectivity index (χ4v) is 3.62. The van der Waals surface area contributed by atoms with Gasteiger partial charge in [-0.15, -0.1) is 0 Å². The van der Waals surface area contributed by atoms with Gasteiger partial charge in [0.25, 0.3) is 5.91 Å². The number of nitrogens with zero attached hydrogens (tertiary/aromatic N) is 1. The molecule has 1 aromatic heterocycles. The van der Waals surface area contributed by atoms with Crippen LogP contribution in [0, 0.1) is 12.7 Å². The number of amides is 1. The number of ether oxygens (including phenoxy) is 1. The first-order valence-corrected chi connectivity index (χ1v) is 10.5. The molecule has 0 saturated heterocycles. The van der Waals surface area contributed by atoms with E-state index >= 15 is 0 Å². The van der Waals surface area contributed by atoms with Crippen LogP contribution in [0.25, 0.3) is 16.9 Å². The molecule has 0 fully saturated rings. The summed E-state index contributed by atoms with van der Waals surface area (Å²) >= 11 is 0. The molecule has 5 heteroatoms. The summed E-state index contributed by atoms with van der Waals surface area (Å²) in [6.45, 7) is 4.65. The minimum atomic E-state index is -0.341. The highest BCUT2D eigenvalue weighted by molar-refractivity contribution is 5.97. The van der Waals surface area contributed by atoms with Gasteiger partial charge in [0.1, 0.15) is 11.6 Å². The van der Waals surface area contributed by atoms with Crippen LogP contribution in [0.3, 0.4) is 0 Å². The quantitative estimate of drug-likeness (QED) is 0.447. The molecule has 158 valence electrons. The van der Waals surface area contributed by atoms with Gasteiger partial charge in [0.2, 0.25) is 0 Å². The van der Waals surface area contributed by atoms with Gasteiger partial charge in [0.05, 0.1) is 24.1 Å². The van der Waals surface area contributed by atoms with Crippen molar-refractivity contribution in [3.05, 3.63) is 71.7 Å². The summed E-state index contributed by atoms with van der Waals surface area (Å²) in [6.07, 6.45) is 4.37. The van der Waals surface area contributed by atoms with Crippen molar-refractivity contribution in [1.82, 2.24) is 9.88 Å². The summed E-state index contributed by atoms with van der Waals surface area (Å²) in [5.74, 6) is 0.225. The summed E-state index contributed by atoms with van der Waals surface area (Å²) in [7, 11) is 1.61. The third-order valence-electron chi connectivity index (χ3n) is 5.27. The SMILES string of the molecule is CCCCCCNC(=O)c1cc(-c2cccc(OC)c2)n(-c2ccccc2F)c1C. The van der Waals surface area contributed by atoms with Gasteiger partial charge in [-0.2, -0.15) is 0 Å². The normalized spacial score (nSPS) is 10.8. The lowest BCUT2D eigenvalue weighted by Gasteiger charge is -2.14. The Hall–Kier alpha value is -3.08. The zero-order chi connectivity index (χ0) is 21.5. The fraction of sp³-hybridized carbons (Fsp3) is 0.320. The van der Waals surface area contributed by atoms with Crippen molar-refractivity contribution in [3.8, 4) is 22.7 Å². The first-order valence-electron chi connectivity index (χ1n) is 10.5. The van der Waals surface area contributed by atoms with E-state index in [2.05, 4.69) is 12.2 Å². The molecule has 0 saturated carbocycles. The van der Waals surface area contributed by atoms with Crippen molar-refractivity contribution in [3.63, 3.8) is 0 Å². The highest BCUT2D eigenvalue weighted by atomic mass is 19.1. The minimum Gasteiger partial charge on any atom is -0.497 e. The van der Waals surface area contributed by atoms with Crippen LogP contribution in [0.15, 0.2) is 54.6 Å². The minimum absolute atomic E-state index is 0.136. The highest BCUT2D eigenvalue weighted by Gasteiger charge is 2.21. The van der Waals surface area contributed by atoms with E-state index < -0.39 is 0 Å². The van der Waals surface area contributed by atoms with Gasteiger partial charge in [-0.25, -0.2) is 4.39 Å². The third-order valence-corrected chi connectivity index (χ3v) is 5.27. The Bertz CT molecular complexity index is 1010. The fourth-order valence-electron chi connectivity index (χ4n) is 3.62. The second-order valence-electron chi connectivity index (χ2n) is 7.36. The molecule has 4 nitrogen and oxygen atoms in total. The number of carbonyl (C=O) groups excluding carboxylic acids is 1. The van der Waals surface area contributed by atoms with Crippen molar-refractivity contribution < 1.29 is 13.9 Å². The molecule has 0 radical (unpaired) electrons. The Labute approximate surface area is 177 Å². The number of hydrogen-bond acceptors (Lipinski definition) is 2. The predicted octanol–water partition coefficient (Wildman–Crippen LogP) is 5.91. The van der Waals surface area contributed by atoms with E-state index in [1.807, 2.05) is 37.3 Å². The summed E-state index contributed by atoms with van der Waals surface area (Å²) < 4.78 is 21.8. The summed E-state index contributed by atoms with van der Waals surface area (Å²) in [5, 5.41) is 3.01. The van der Waals surface area contributed by atoms with E-state index in [9.17, 15) is 9.18 Å². The average molecular weight is 409 g/mol. The van der Waals surface area contributed by atoms with Crippen molar-refractivity contribution >= 4 is 5.91 Å². The Morgan fingerprint density at radius 3 is 2.60 bits per heavy atom. The van der Waals surface area contributed by atoms with Crippen LogP contribution in [0.2, 0.25) is 0 Å². The molecule has 3 rings (SSSR count). The summed E-state index contributed by atoms with van der Waals surface area (Å²) in [5.41, 5.74) is 3.25. The molecule has 0 bridgehead atoms. The van der Waals surface area contributed by atoms with E-state index in [-0.39, 0.29) is 11.7 Å². The predicted molar refractivity (Wildman–Crippen MR) is 119 cm³/mol. The number of para-hydroxylation sites is 1. The number of nitrogens with one attached hydrogen (secondary N) is 1. The molecule has 3 aromatic rings.